The van der Waals surface area contributed by atoms with Gasteiger partial charge in [0.25, 0.3) is 5.91 Å². The summed E-state index contributed by atoms with van der Waals surface area (Å²) in [5.74, 6) is 0.206. The second kappa shape index (κ2) is 5.70. The quantitative estimate of drug-likeness (QED) is 0.581. The van der Waals surface area contributed by atoms with Gasteiger partial charge in [0.05, 0.1) is 21.6 Å². The van der Waals surface area contributed by atoms with Crippen LogP contribution in [0.2, 0.25) is 0 Å². The van der Waals surface area contributed by atoms with E-state index >= 15 is 0 Å². The van der Waals surface area contributed by atoms with Gasteiger partial charge in [-0.2, -0.15) is 0 Å². The number of aromatic nitrogens is 1. The number of anilines is 1. The van der Waals surface area contributed by atoms with Crippen LogP contribution in [0, 0.1) is 10.1 Å². The number of benzene rings is 1. The van der Waals surface area contributed by atoms with Crippen molar-refractivity contribution < 1.29 is 14.5 Å². The van der Waals surface area contributed by atoms with Crippen LogP contribution in [0.15, 0.2) is 30.3 Å². The van der Waals surface area contributed by atoms with E-state index in [-0.39, 0.29) is 9.88 Å². The molecule has 2 aromatic heterocycles. The molecule has 0 spiro atoms. The lowest BCUT2D eigenvalue weighted by atomic mass is 10.3. The number of para-hydroxylation sites is 1. The van der Waals surface area contributed by atoms with Crippen molar-refractivity contribution in [2.75, 3.05) is 12.4 Å². The molecule has 0 atom stereocenters. The maximum Gasteiger partial charge on any atom is 0.324 e. The number of hydrogen-bond donors (Lipinski definition) is 1. The number of thiophene rings is 1. The largest absolute Gasteiger partial charge is 0.494 e. The molecule has 1 N–H and O–H groups in total. The zero-order valence-corrected chi connectivity index (χ0v) is 12.9. The number of carbonyl (C=O) groups is 1. The molecule has 0 saturated carbocycles. The van der Waals surface area contributed by atoms with E-state index in [9.17, 15) is 14.9 Å². The molecule has 7 nitrogen and oxygen atoms in total. The summed E-state index contributed by atoms with van der Waals surface area (Å²) >= 11 is 2.13. The summed E-state index contributed by atoms with van der Waals surface area (Å²) < 4.78 is 6.10. The molecule has 3 rings (SSSR count). The van der Waals surface area contributed by atoms with Crippen molar-refractivity contribution in [2.45, 2.75) is 0 Å². The Hall–Kier alpha value is -2.52. The lowest BCUT2D eigenvalue weighted by Crippen LogP contribution is -2.09. The predicted molar refractivity (Wildman–Crippen MR) is 85.1 cm³/mol. The predicted octanol–water partition coefficient (Wildman–Crippen LogP) is 3.53. The van der Waals surface area contributed by atoms with E-state index in [1.165, 1.54) is 23.5 Å². The number of nitrogens with zero attached hydrogens (tertiary/aromatic N) is 2. The van der Waals surface area contributed by atoms with E-state index in [4.69, 9.17) is 4.74 Å². The fourth-order valence-electron chi connectivity index (χ4n) is 1.85. The Kier molecular flexibility index (Phi) is 3.73. The third-order valence-corrected chi connectivity index (χ3v) is 4.79. The van der Waals surface area contributed by atoms with Gasteiger partial charge in [0.1, 0.15) is 11.3 Å². The van der Waals surface area contributed by atoms with Crippen molar-refractivity contribution in [3.63, 3.8) is 0 Å². The Bertz CT molecular complexity index is 871. The van der Waals surface area contributed by atoms with Crippen LogP contribution in [0.25, 0.3) is 10.2 Å². The monoisotopic (exact) mass is 335 g/mol. The summed E-state index contributed by atoms with van der Waals surface area (Å²) in [4.78, 5) is 26.8. The molecule has 2 heterocycles. The molecule has 1 aromatic carbocycles. The van der Waals surface area contributed by atoms with Crippen LogP contribution in [0.5, 0.6) is 5.75 Å². The highest BCUT2D eigenvalue weighted by Gasteiger charge is 2.17. The molecule has 112 valence electrons. The molecule has 0 aliphatic carbocycles. The molecule has 0 unspecified atom stereocenters. The minimum Gasteiger partial charge on any atom is -0.494 e. The maximum atomic E-state index is 12.1. The molecular formula is C13H9N3O4S2. The fraction of sp³-hybridized carbons (Fsp3) is 0.0769. The molecule has 1 amide bonds. The summed E-state index contributed by atoms with van der Waals surface area (Å²) in [5, 5.41) is 13.6. The fourth-order valence-corrected chi connectivity index (χ4v) is 3.44. The average Bonchev–Trinajstić information content (AvgIpc) is 3.13. The number of nitrogens with one attached hydrogen (secondary N) is 1. The highest BCUT2D eigenvalue weighted by Crippen LogP contribution is 2.32. The SMILES string of the molecule is COc1cccc2sc(NC(=O)c3ccc([N+](=O)[O-])s3)nc12. The molecule has 0 radical (unpaired) electrons. The number of rotatable bonds is 4. The van der Waals surface area contributed by atoms with Gasteiger partial charge in [-0.05, 0) is 18.2 Å². The van der Waals surface area contributed by atoms with E-state index in [0.717, 1.165) is 16.0 Å². The number of methoxy groups -OCH3 is 1. The van der Waals surface area contributed by atoms with Gasteiger partial charge in [-0.1, -0.05) is 28.7 Å². The van der Waals surface area contributed by atoms with E-state index < -0.39 is 10.8 Å². The van der Waals surface area contributed by atoms with E-state index in [1.54, 1.807) is 13.2 Å². The van der Waals surface area contributed by atoms with Gasteiger partial charge in [0, 0.05) is 6.07 Å². The summed E-state index contributed by atoms with van der Waals surface area (Å²) in [6.07, 6.45) is 0. The molecule has 0 aliphatic rings. The molecule has 9 heteroatoms. The van der Waals surface area contributed by atoms with E-state index in [2.05, 4.69) is 10.3 Å². The van der Waals surface area contributed by atoms with Crippen LogP contribution in [0.3, 0.4) is 0 Å². The summed E-state index contributed by atoms with van der Waals surface area (Å²) in [6.45, 7) is 0. The van der Waals surface area contributed by atoms with Gasteiger partial charge < -0.3 is 4.74 Å². The Labute approximate surface area is 132 Å². The topological polar surface area (TPSA) is 94.4 Å². The smallest absolute Gasteiger partial charge is 0.324 e. The summed E-state index contributed by atoms with van der Waals surface area (Å²) in [7, 11) is 1.55. The third kappa shape index (κ3) is 2.63. The van der Waals surface area contributed by atoms with Gasteiger partial charge in [0.2, 0.25) is 0 Å². The lowest BCUT2D eigenvalue weighted by Gasteiger charge is -1.98. The first-order valence-corrected chi connectivity index (χ1v) is 7.71. The van der Waals surface area contributed by atoms with Crippen molar-refractivity contribution >= 4 is 48.9 Å². The third-order valence-electron chi connectivity index (χ3n) is 2.82. The van der Waals surface area contributed by atoms with Crippen LogP contribution in [0.1, 0.15) is 9.67 Å². The number of fused-ring (bicyclic) bond motifs is 1. The number of hydrogen-bond acceptors (Lipinski definition) is 7. The normalized spacial score (nSPS) is 10.6. The van der Waals surface area contributed by atoms with Crippen molar-refractivity contribution in [3.8, 4) is 5.75 Å². The van der Waals surface area contributed by atoms with Gasteiger partial charge in [-0.3, -0.25) is 20.2 Å². The van der Waals surface area contributed by atoms with Crippen LogP contribution in [-0.2, 0) is 0 Å². The highest BCUT2D eigenvalue weighted by atomic mass is 32.1. The maximum absolute atomic E-state index is 12.1. The summed E-state index contributed by atoms with van der Waals surface area (Å²) in [5.41, 5.74) is 0.669. The number of carbonyl (C=O) groups excluding carboxylic acids is 1. The van der Waals surface area contributed by atoms with Crippen molar-refractivity contribution in [1.82, 2.24) is 4.98 Å². The van der Waals surface area contributed by atoms with Crippen LogP contribution in [-0.4, -0.2) is 22.9 Å². The number of ether oxygens (including phenoxy) is 1. The first-order valence-electron chi connectivity index (χ1n) is 6.07. The van der Waals surface area contributed by atoms with Gasteiger partial charge >= 0.3 is 5.00 Å². The molecule has 0 saturated heterocycles. The summed E-state index contributed by atoms with van der Waals surface area (Å²) in [6, 6.07) is 8.23. The highest BCUT2D eigenvalue weighted by molar-refractivity contribution is 7.22. The molecule has 22 heavy (non-hydrogen) atoms. The van der Waals surface area contributed by atoms with Crippen LogP contribution < -0.4 is 10.1 Å². The molecular weight excluding hydrogens is 326 g/mol. The first kappa shape index (κ1) is 14.4. The number of nitro groups is 1. The van der Waals surface area contributed by atoms with Crippen LogP contribution in [0.4, 0.5) is 10.1 Å². The Balaban J connectivity index is 1.86. The average molecular weight is 335 g/mol. The van der Waals surface area contributed by atoms with E-state index in [1.807, 2.05) is 12.1 Å². The molecule has 0 bridgehead atoms. The number of amides is 1. The molecule has 3 aromatic rings. The van der Waals surface area contributed by atoms with Crippen molar-refractivity contribution in [2.24, 2.45) is 0 Å². The Morgan fingerprint density at radius 2 is 2.14 bits per heavy atom. The van der Waals surface area contributed by atoms with Crippen molar-refractivity contribution in [1.29, 1.82) is 0 Å². The van der Waals surface area contributed by atoms with Crippen molar-refractivity contribution in [3.05, 3.63) is 45.3 Å². The second-order valence-corrected chi connectivity index (χ2v) is 6.27. The molecule has 0 fully saturated rings. The van der Waals surface area contributed by atoms with Gasteiger partial charge in [-0.15, -0.1) is 0 Å². The first-order chi connectivity index (χ1) is 10.6. The van der Waals surface area contributed by atoms with E-state index in [0.29, 0.717) is 16.4 Å². The Morgan fingerprint density at radius 1 is 1.32 bits per heavy atom. The number of thiazole rings is 1. The molecule has 0 aliphatic heterocycles. The minimum absolute atomic E-state index is 0.0730. The lowest BCUT2D eigenvalue weighted by molar-refractivity contribution is -0.380. The standard InChI is InChI=1S/C13H9N3O4S2/c1-20-7-3-2-4-8-11(7)14-13(22-8)15-12(17)9-5-6-10(21-9)16(18)19/h2-6H,1H3,(H,14,15,17). The Morgan fingerprint density at radius 3 is 2.82 bits per heavy atom. The second-order valence-electron chi connectivity index (χ2n) is 4.18. The minimum atomic E-state index is -0.524. The zero-order chi connectivity index (χ0) is 15.7. The van der Waals surface area contributed by atoms with Gasteiger partial charge in [0.15, 0.2) is 5.13 Å². The van der Waals surface area contributed by atoms with Crippen LogP contribution >= 0.6 is 22.7 Å². The van der Waals surface area contributed by atoms with Gasteiger partial charge in [-0.25, -0.2) is 4.98 Å². The zero-order valence-electron chi connectivity index (χ0n) is 11.2.